The Kier molecular flexibility index (Phi) is 5.27. The van der Waals surface area contributed by atoms with Crippen LogP contribution in [-0.4, -0.2) is 35.5 Å². The first kappa shape index (κ1) is 18.4. The van der Waals surface area contributed by atoms with E-state index in [0.717, 1.165) is 48.2 Å². The van der Waals surface area contributed by atoms with Gasteiger partial charge in [-0.2, -0.15) is 0 Å². The summed E-state index contributed by atoms with van der Waals surface area (Å²) in [5, 5.41) is 0. The smallest absolute Gasteiger partial charge is 0.226 e. The van der Waals surface area contributed by atoms with Crippen molar-refractivity contribution >= 4 is 17.5 Å². The molecule has 0 atom stereocenters. The molecule has 0 N–H and O–H groups in total. The van der Waals surface area contributed by atoms with E-state index in [0.29, 0.717) is 0 Å². The summed E-state index contributed by atoms with van der Waals surface area (Å²) in [6.07, 6.45) is 2.35. The summed E-state index contributed by atoms with van der Waals surface area (Å²) in [4.78, 5) is 40.1. The van der Waals surface area contributed by atoms with E-state index in [-0.39, 0.29) is 30.3 Å². The van der Waals surface area contributed by atoms with Crippen molar-refractivity contribution < 1.29 is 14.4 Å². The van der Waals surface area contributed by atoms with E-state index in [2.05, 4.69) is 11.8 Å². The molecule has 0 spiro atoms. The van der Waals surface area contributed by atoms with Crippen LogP contribution in [0.4, 0.5) is 0 Å². The summed E-state index contributed by atoms with van der Waals surface area (Å²) in [6.45, 7) is 7.12. The fourth-order valence-corrected chi connectivity index (χ4v) is 4.31. The van der Waals surface area contributed by atoms with Crippen molar-refractivity contribution in [3.63, 3.8) is 0 Å². The van der Waals surface area contributed by atoms with Crippen molar-refractivity contribution in [3.05, 3.63) is 34.4 Å². The van der Waals surface area contributed by atoms with Crippen molar-refractivity contribution in [3.8, 4) is 11.8 Å². The molecule has 1 aliphatic heterocycles. The summed E-state index contributed by atoms with van der Waals surface area (Å²) >= 11 is 0. The number of hydrogen-bond acceptors (Lipinski definition) is 3. The number of Topliss-reactive ketones (excluding diaryl/α,β-unsaturated/α-hetero) is 2. The van der Waals surface area contributed by atoms with Crippen molar-refractivity contribution in [2.45, 2.75) is 52.4 Å². The molecule has 1 aliphatic carbocycles. The molecule has 1 aromatic carbocycles. The molecule has 0 aromatic heterocycles. The summed E-state index contributed by atoms with van der Waals surface area (Å²) in [7, 11) is 0. The third-order valence-electron chi connectivity index (χ3n) is 5.46. The van der Waals surface area contributed by atoms with Gasteiger partial charge in [0.1, 0.15) is 17.5 Å². The lowest BCUT2D eigenvalue weighted by Gasteiger charge is -2.30. The van der Waals surface area contributed by atoms with Gasteiger partial charge in [-0.05, 0) is 62.4 Å². The molecule has 3 rings (SSSR count). The molecule has 1 heterocycles. The SMILES string of the molecule is CC#Cc1cc(C)c(C2C(=O)CC(C(=O)N3CCCC3)CC2=O)c(C)c1. The van der Waals surface area contributed by atoms with Gasteiger partial charge in [-0.3, -0.25) is 14.4 Å². The van der Waals surface area contributed by atoms with Crippen molar-refractivity contribution in [2.75, 3.05) is 13.1 Å². The first-order valence-electron chi connectivity index (χ1n) is 9.30. The Morgan fingerprint density at radius 3 is 2.08 bits per heavy atom. The second kappa shape index (κ2) is 7.45. The standard InChI is InChI=1S/C22H25NO3/c1-4-7-16-10-14(2)20(15(3)11-16)21-18(24)12-17(13-19(21)25)22(26)23-8-5-6-9-23/h10-11,17,21H,5-6,8-9,12-13H2,1-3H3. The van der Waals surface area contributed by atoms with Crippen LogP contribution in [0.2, 0.25) is 0 Å². The molecule has 4 heteroatoms. The zero-order chi connectivity index (χ0) is 18.8. The lowest BCUT2D eigenvalue weighted by Crippen LogP contribution is -2.41. The van der Waals surface area contributed by atoms with Crippen LogP contribution in [0.25, 0.3) is 0 Å². The highest BCUT2D eigenvalue weighted by molar-refractivity contribution is 6.12. The number of nitrogens with zero attached hydrogens (tertiary/aromatic N) is 1. The Morgan fingerprint density at radius 1 is 1.04 bits per heavy atom. The largest absolute Gasteiger partial charge is 0.342 e. The molecule has 0 unspecified atom stereocenters. The van der Waals surface area contributed by atoms with Gasteiger partial charge in [-0.1, -0.05) is 5.92 Å². The van der Waals surface area contributed by atoms with Crippen LogP contribution >= 0.6 is 0 Å². The highest BCUT2D eigenvalue weighted by atomic mass is 16.2. The third-order valence-corrected chi connectivity index (χ3v) is 5.46. The Labute approximate surface area is 155 Å². The fourth-order valence-electron chi connectivity index (χ4n) is 4.31. The molecule has 0 radical (unpaired) electrons. The first-order chi connectivity index (χ1) is 12.4. The predicted octanol–water partition coefficient (Wildman–Crippen LogP) is 2.93. The molecule has 1 amide bonds. The Hall–Kier alpha value is -2.41. The monoisotopic (exact) mass is 351 g/mol. The van der Waals surface area contributed by atoms with Gasteiger partial charge in [-0.25, -0.2) is 0 Å². The molecule has 1 aromatic rings. The van der Waals surface area contributed by atoms with Crippen LogP contribution in [0.5, 0.6) is 0 Å². The number of likely N-dealkylation sites (tertiary alicyclic amines) is 1. The number of carbonyl (C=O) groups is 3. The Morgan fingerprint density at radius 2 is 1.58 bits per heavy atom. The molecule has 26 heavy (non-hydrogen) atoms. The van der Waals surface area contributed by atoms with Crippen molar-refractivity contribution in [2.24, 2.45) is 5.92 Å². The zero-order valence-corrected chi connectivity index (χ0v) is 15.7. The van der Waals surface area contributed by atoms with Crippen LogP contribution in [-0.2, 0) is 14.4 Å². The maximum absolute atomic E-state index is 12.8. The fraction of sp³-hybridized carbons (Fsp3) is 0.500. The Balaban J connectivity index is 1.85. The second-order valence-electron chi connectivity index (χ2n) is 7.40. The van der Waals surface area contributed by atoms with Gasteiger partial charge in [-0.15, -0.1) is 5.92 Å². The van der Waals surface area contributed by atoms with E-state index in [4.69, 9.17) is 0 Å². The molecular formula is C22H25NO3. The molecule has 2 aliphatic rings. The second-order valence-corrected chi connectivity index (χ2v) is 7.40. The van der Waals surface area contributed by atoms with Gasteiger partial charge in [0, 0.05) is 31.5 Å². The van der Waals surface area contributed by atoms with Gasteiger partial charge < -0.3 is 4.90 Å². The number of ketones is 2. The first-order valence-corrected chi connectivity index (χ1v) is 9.30. The van der Waals surface area contributed by atoms with Crippen LogP contribution in [0, 0.1) is 31.6 Å². The van der Waals surface area contributed by atoms with Crippen LogP contribution in [0.1, 0.15) is 60.8 Å². The number of amides is 1. The van der Waals surface area contributed by atoms with Gasteiger partial charge in [0.15, 0.2) is 0 Å². The zero-order valence-electron chi connectivity index (χ0n) is 15.7. The normalized spacial score (nSPS) is 23.0. The number of rotatable bonds is 2. The van der Waals surface area contributed by atoms with E-state index in [1.807, 2.05) is 26.0 Å². The summed E-state index contributed by atoms with van der Waals surface area (Å²) < 4.78 is 0. The number of hydrogen-bond donors (Lipinski definition) is 0. The molecule has 1 saturated carbocycles. The molecule has 4 nitrogen and oxygen atoms in total. The molecule has 136 valence electrons. The summed E-state index contributed by atoms with van der Waals surface area (Å²) in [5.74, 6) is 4.41. The molecular weight excluding hydrogens is 326 g/mol. The summed E-state index contributed by atoms with van der Waals surface area (Å²) in [6, 6.07) is 3.86. The van der Waals surface area contributed by atoms with Gasteiger partial charge >= 0.3 is 0 Å². The van der Waals surface area contributed by atoms with Crippen LogP contribution in [0.3, 0.4) is 0 Å². The highest BCUT2D eigenvalue weighted by Gasteiger charge is 2.41. The van der Waals surface area contributed by atoms with E-state index in [9.17, 15) is 14.4 Å². The van der Waals surface area contributed by atoms with Gasteiger partial charge in [0.05, 0.1) is 5.92 Å². The minimum absolute atomic E-state index is 0.0235. The molecule has 2 fully saturated rings. The van der Waals surface area contributed by atoms with Gasteiger partial charge in [0.25, 0.3) is 0 Å². The van der Waals surface area contributed by atoms with Crippen molar-refractivity contribution in [1.29, 1.82) is 0 Å². The lowest BCUT2D eigenvalue weighted by atomic mass is 9.74. The number of carbonyl (C=O) groups excluding carboxylic acids is 3. The highest BCUT2D eigenvalue weighted by Crippen LogP contribution is 2.35. The van der Waals surface area contributed by atoms with Crippen LogP contribution < -0.4 is 0 Å². The topological polar surface area (TPSA) is 54.5 Å². The van der Waals surface area contributed by atoms with Crippen molar-refractivity contribution in [1.82, 2.24) is 4.90 Å². The average Bonchev–Trinajstić information content (AvgIpc) is 3.10. The maximum Gasteiger partial charge on any atom is 0.226 e. The van der Waals surface area contributed by atoms with Gasteiger partial charge in [0.2, 0.25) is 5.91 Å². The van der Waals surface area contributed by atoms with E-state index < -0.39 is 11.8 Å². The van der Waals surface area contributed by atoms with E-state index in [1.165, 1.54) is 0 Å². The summed E-state index contributed by atoms with van der Waals surface area (Å²) in [5.41, 5.74) is 3.52. The van der Waals surface area contributed by atoms with E-state index in [1.54, 1.807) is 11.8 Å². The Bertz CT molecular complexity index is 781. The molecule has 0 bridgehead atoms. The minimum Gasteiger partial charge on any atom is -0.342 e. The predicted molar refractivity (Wildman–Crippen MR) is 99.8 cm³/mol. The maximum atomic E-state index is 12.8. The average molecular weight is 351 g/mol. The molecule has 1 saturated heterocycles. The van der Waals surface area contributed by atoms with E-state index >= 15 is 0 Å². The minimum atomic E-state index is -0.735. The lowest BCUT2D eigenvalue weighted by molar-refractivity contribution is -0.144. The third kappa shape index (κ3) is 3.44. The van der Waals surface area contributed by atoms with Crippen LogP contribution in [0.15, 0.2) is 12.1 Å². The quantitative estimate of drug-likeness (QED) is 0.608. The number of benzene rings is 1. The number of aryl methyl sites for hydroxylation is 2.